The van der Waals surface area contributed by atoms with Crippen molar-refractivity contribution in [2.24, 2.45) is 68.3 Å². The lowest BCUT2D eigenvalue weighted by Crippen LogP contribution is -2.69. The second-order valence-electron chi connectivity index (χ2n) is 20.5. The molecule has 1 aromatic rings. The molecule has 5 fully saturated rings. The van der Waals surface area contributed by atoms with Gasteiger partial charge in [-0.2, -0.15) is 5.10 Å². The average molecular weight is 736 g/mol. The van der Waals surface area contributed by atoms with Gasteiger partial charge in [0.2, 0.25) is 5.82 Å². The van der Waals surface area contributed by atoms with Crippen molar-refractivity contribution in [3.05, 3.63) is 23.8 Å². The van der Waals surface area contributed by atoms with Crippen LogP contribution in [-0.2, 0) is 14.3 Å². The molecule has 0 radical (unpaired) electrons. The lowest BCUT2D eigenvalue weighted by Gasteiger charge is -2.71. The van der Waals surface area contributed by atoms with E-state index in [0.717, 1.165) is 64.5 Å². The van der Waals surface area contributed by atoms with Crippen LogP contribution in [0.15, 0.2) is 18.0 Å². The number of nitrogens with zero attached hydrogens (tertiary/aromatic N) is 4. The molecule has 0 spiro atoms. The van der Waals surface area contributed by atoms with Crippen molar-refractivity contribution in [3.8, 4) is 0 Å². The van der Waals surface area contributed by atoms with Gasteiger partial charge in [0.1, 0.15) is 6.33 Å². The third kappa shape index (κ3) is 5.55. The van der Waals surface area contributed by atoms with Gasteiger partial charge in [-0.25, -0.2) is 9.67 Å². The Morgan fingerprint density at radius 3 is 2.40 bits per heavy atom. The SMILES string of the molecule is CC(C)[C@@H](C)[C@@]1(C)CC[C@]2(C)[C@H]3CC[C@@H]4[C@@]5(COC[C@@]4(C)[C@@H](OC[C@](C)(N)C(C)C)[C@H](n4ncnc4C(=O)N4CCCC4)C5)C3=CC[C@@]2(C)[C@@H]1C(=O)O. The fourth-order valence-corrected chi connectivity index (χ4v) is 13.3. The molecule has 10 heteroatoms. The maximum atomic E-state index is 14.0. The van der Waals surface area contributed by atoms with Crippen molar-refractivity contribution in [1.29, 1.82) is 0 Å². The molecule has 6 aliphatic rings. The number of rotatable bonds is 9. The quantitative estimate of drug-likeness (QED) is 0.251. The first-order valence-electron chi connectivity index (χ1n) is 20.9. The van der Waals surface area contributed by atoms with E-state index in [9.17, 15) is 14.7 Å². The number of ether oxygens (including phenoxy) is 2. The number of fused-ring (bicyclic) bond motifs is 3. The van der Waals surface area contributed by atoms with Crippen LogP contribution < -0.4 is 5.73 Å². The van der Waals surface area contributed by atoms with Crippen LogP contribution in [0.1, 0.15) is 137 Å². The van der Waals surface area contributed by atoms with Crippen LogP contribution in [0.4, 0.5) is 0 Å². The number of carboxylic acids is 1. The summed E-state index contributed by atoms with van der Waals surface area (Å²) in [6.45, 7) is 25.5. The molecule has 1 amide bonds. The van der Waals surface area contributed by atoms with Gasteiger partial charge in [-0.05, 0) is 104 Å². The third-order valence-corrected chi connectivity index (χ3v) is 17.5. The number of allylic oxidation sites excluding steroid dienone is 1. The Morgan fingerprint density at radius 2 is 1.75 bits per heavy atom. The van der Waals surface area contributed by atoms with E-state index in [-0.39, 0.29) is 51.5 Å². The highest BCUT2D eigenvalue weighted by Gasteiger charge is 2.72. The Balaban J connectivity index is 1.34. The van der Waals surface area contributed by atoms with Gasteiger partial charge in [0.05, 0.1) is 37.9 Å². The van der Waals surface area contributed by atoms with Gasteiger partial charge in [0.15, 0.2) is 0 Å². The van der Waals surface area contributed by atoms with Crippen LogP contribution in [0.3, 0.4) is 0 Å². The monoisotopic (exact) mass is 736 g/mol. The summed E-state index contributed by atoms with van der Waals surface area (Å²) in [5.74, 6) is 0.710. The van der Waals surface area contributed by atoms with Crippen LogP contribution in [0.5, 0.6) is 0 Å². The smallest absolute Gasteiger partial charge is 0.307 e. The summed E-state index contributed by atoms with van der Waals surface area (Å²) in [5, 5.41) is 16.0. The Hall–Kier alpha value is -2.30. The second-order valence-corrected chi connectivity index (χ2v) is 20.5. The number of amides is 1. The Morgan fingerprint density at radius 1 is 1.06 bits per heavy atom. The molecule has 3 N–H and O–H groups in total. The number of nitrogens with two attached hydrogens (primary N) is 1. The summed E-state index contributed by atoms with van der Waals surface area (Å²) in [6.07, 6.45) is 11.2. The first-order valence-corrected chi connectivity index (χ1v) is 20.9. The van der Waals surface area contributed by atoms with E-state index in [2.05, 4.69) is 80.3 Å². The molecule has 10 nitrogen and oxygen atoms in total. The van der Waals surface area contributed by atoms with E-state index in [0.29, 0.717) is 43.4 Å². The molecule has 12 atom stereocenters. The maximum Gasteiger partial charge on any atom is 0.307 e. The van der Waals surface area contributed by atoms with Gasteiger partial charge in [-0.1, -0.05) is 74.0 Å². The zero-order valence-electron chi connectivity index (χ0n) is 34.4. The van der Waals surface area contributed by atoms with Crippen molar-refractivity contribution in [1.82, 2.24) is 19.7 Å². The number of carbonyl (C=O) groups is 2. The lowest BCUT2D eigenvalue weighted by molar-refractivity contribution is -0.252. The summed E-state index contributed by atoms with van der Waals surface area (Å²) in [4.78, 5) is 34.1. The van der Waals surface area contributed by atoms with Gasteiger partial charge in [0, 0.05) is 29.5 Å². The van der Waals surface area contributed by atoms with Crippen LogP contribution in [-0.4, -0.2) is 81.2 Å². The van der Waals surface area contributed by atoms with Crippen LogP contribution >= 0.6 is 0 Å². The molecule has 3 saturated carbocycles. The molecule has 2 bridgehead atoms. The highest BCUT2D eigenvalue weighted by atomic mass is 16.5. The number of hydrogen-bond acceptors (Lipinski definition) is 7. The van der Waals surface area contributed by atoms with Gasteiger partial charge in [-0.15, -0.1) is 0 Å². The molecule has 0 aromatic carbocycles. The fourth-order valence-electron chi connectivity index (χ4n) is 13.3. The largest absolute Gasteiger partial charge is 0.481 e. The molecule has 0 unspecified atom stereocenters. The summed E-state index contributed by atoms with van der Waals surface area (Å²) >= 11 is 0. The summed E-state index contributed by atoms with van der Waals surface area (Å²) < 4.78 is 15.8. The van der Waals surface area contributed by atoms with Crippen molar-refractivity contribution >= 4 is 11.9 Å². The molecule has 3 heterocycles. The van der Waals surface area contributed by atoms with E-state index in [4.69, 9.17) is 20.3 Å². The summed E-state index contributed by atoms with van der Waals surface area (Å²) in [5.41, 5.74) is 6.26. The van der Waals surface area contributed by atoms with Gasteiger partial charge in [0.25, 0.3) is 5.91 Å². The first-order chi connectivity index (χ1) is 24.8. The molecule has 7 rings (SSSR count). The minimum atomic E-state index is -0.641. The molecule has 4 aliphatic carbocycles. The predicted octanol–water partition coefficient (Wildman–Crippen LogP) is 7.40. The third-order valence-electron chi connectivity index (χ3n) is 17.5. The number of likely N-dealkylation sites (tertiary alicyclic amines) is 1. The van der Waals surface area contributed by atoms with Crippen LogP contribution in [0.25, 0.3) is 0 Å². The molecule has 296 valence electrons. The minimum Gasteiger partial charge on any atom is -0.481 e. The molecule has 2 saturated heterocycles. The summed E-state index contributed by atoms with van der Waals surface area (Å²) in [6, 6.07) is -0.249. The zero-order valence-corrected chi connectivity index (χ0v) is 34.4. The number of aromatic nitrogens is 3. The highest BCUT2D eigenvalue weighted by molar-refractivity contribution is 5.90. The Kier molecular flexibility index (Phi) is 9.66. The van der Waals surface area contributed by atoms with E-state index in [1.165, 1.54) is 5.57 Å². The number of carboxylic acid groups (broad SMARTS) is 1. The van der Waals surface area contributed by atoms with Gasteiger partial charge < -0.3 is 25.2 Å². The van der Waals surface area contributed by atoms with Crippen molar-refractivity contribution < 1.29 is 24.2 Å². The number of aliphatic carboxylic acids is 1. The van der Waals surface area contributed by atoms with E-state index in [1.807, 2.05) is 9.58 Å². The number of carbonyl (C=O) groups excluding carboxylic acids is 1. The van der Waals surface area contributed by atoms with Crippen molar-refractivity contribution in [2.75, 3.05) is 32.9 Å². The van der Waals surface area contributed by atoms with Crippen molar-refractivity contribution in [2.45, 2.75) is 138 Å². The van der Waals surface area contributed by atoms with E-state index in [1.54, 1.807) is 6.33 Å². The topological polar surface area (TPSA) is 133 Å². The number of hydrogen-bond donors (Lipinski definition) is 2. The summed E-state index contributed by atoms with van der Waals surface area (Å²) in [7, 11) is 0. The van der Waals surface area contributed by atoms with Gasteiger partial charge >= 0.3 is 5.97 Å². The van der Waals surface area contributed by atoms with E-state index < -0.39 is 22.8 Å². The normalized spacial score (nSPS) is 42.7. The molecular formula is C43H69N5O5. The van der Waals surface area contributed by atoms with Gasteiger partial charge in [-0.3, -0.25) is 9.59 Å². The predicted molar refractivity (Wildman–Crippen MR) is 205 cm³/mol. The second kappa shape index (κ2) is 13.1. The highest BCUT2D eigenvalue weighted by Crippen LogP contribution is 2.75. The van der Waals surface area contributed by atoms with Crippen LogP contribution in [0, 0.1) is 62.6 Å². The fraction of sp³-hybridized carbons (Fsp3) is 0.860. The van der Waals surface area contributed by atoms with Crippen LogP contribution in [0.2, 0.25) is 0 Å². The molecular weight excluding hydrogens is 667 g/mol. The Bertz CT molecular complexity index is 1610. The first kappa shape index (κ1) is 39.0. The maximum absolute atomic E-state index is 14.0. The Labute approximate surface area is 318 Å². The van der Waals surface area contributed by atoms with Crippen molar-refractivity contribution in [3.63, 3.8) is 0 Å². The zero-order chi connectivity index (χ0) is 38.5. The molecule has 2 aliphatic heterocycles. The lowest BCUT2D eigenvalue weighted by atomic mass is 9.34. The minimum absolute atomic E-state index is 0.0574. The standard InChI is InChI=1S/C43H69N5O5/c1-26(2)28(5)38(6)17-18-40(8)29-13-14-32-39(7)22-52-24-43(32,30(29)15-16-41(40,9)33(38)37(50)51)21-31(34(39)53-23-42(10,44)27(3)4)48-35(45-25-46-48)36(49)47-19-11-12-20-47/h15,25-29,31-34H,11-14,16-24,44H2,1-10H3,(H,50,51)/t28-,29+,31-,32+,33-,34+,38-,39-,40-,41+,42+,43+/m1/s1. The molecule has 53 heavy (non-hydrogen) atoms. The molecule has 1 aromatic heterocycles. The average Bonchev–Trinajstić information content (AvgIpc) is 3.81. The van der Waals surface area contributed by atoms with E-state index >= 15 is 0 Å².